The molecule has 78 valence electrons. The summed E-state index contributed by atoms with van der Waals surface area (Å²) in [6.07, 6.45) is 3.97. The van der Waals surface area contributed by atoms with Gasteiger partial charge in [0.1, 0.15) is 0 Å². The van der Waals surface area contributed by atoms with Crippen molar-refractivity contribution in [1.29, 1.82) is 0 Å². The molecule has 0 saturated carbocycles. The van der Waals surface area contributed by atoms with Gasteiger partial charge in [-0.05, 0) is 24.7 Å². The summed E-state index contributed by atoms with van der Waals surface area (Å²) in [6.45, 7) is 0.584. The highest BCUT2D eigenvalue weighted by Gasteiger charge is 2.19. The van der Waals surface area contributed by atoms with E-state index < -0.39 is 0 Å². The molecule has 0 bridgehead atoms. The molecule has 0 amide bonds. The van der Waals surface area contributed by atoms with Crippen LogP contribution in [-0.4, -0.2) is 15.5 Å². The topological polar surface area (TPSA) is 43.8 Å². The van der Waals surface area contributed by atoms with Crippen LogP contribution in [0.1, 0.15) is 35.9 Å². The Morgan fingerprint density at radius 3 is 3.07 bits per heavy atom. The number of thioether (sulfide) groups is 1. The van der Waals surface area contributed by atoms with E-state index in [1.54, 1.807) is 0 Å². The van der Waals surface area contributed by atoms with Crippen molar-refractivity contribution in [3.05, 3.63) is 17.5 Å². The summed E-state index contributed by atoms with van der Waals surface area (Å²) in [4.78, 5) is 0. The van der Waals surface area contributed by atoms with Crippen molar-refractivity contribution in [1.82, 2.24) is 9.78 Å². The van der Waals surface area contributed by atoms with Gasteiger partial charge in [0.05, 0.1) is 11.4 Å². The van der Waals surface area contributed by atoms with E-state index in [0.29, 0.717) is 11.8 Å². The van der Waals surface area contributed by atoms with Gasteiger partial charge in [-0.3, -0.25) is 4.68 Å². The summed E-state index contributed by atoms with van der Waals surface area (Å²) in [5.41, 5.74) is 7.98. The lowest BCUT2D eigenvalue weighted by Gasteiger charge is -2.18. The predicted octanol–water partition coefficient (Wildman–Crippen LogP) is 1.84. The second-order valence-electron chi connectivity index (χ2n) is 3.74. The molecule has 1 fully saturated rings. The zero-order chi connectivity index (χ0) is 9.97. The van der Waals surface area contributed by atoms with Gasteiger partial charge in [-0.1, -0.05) is 6.42 Å². The van der Waals surface area contributed by atoms with Crippen LogP contribution in [0.15, 0.2) is 6.07 Å². The first-order valence-corrected chi connectivity index (χ1v) is 6.20. The van der Waals surface area contributed by atoms with Crippen LogP contribution in [0.25, 0.3) is 0 Å². The number of hydrogen-bond donors (Lipinski definition) is 1. The van der Waals surface area contributed by atoms with Crippen molar-refractivity contribution in [3.63, 3.8) is 0 Å². The minimum absolute atomic E-state index is 0.584. The van der Waals surface area contributed by atoms with E-state index in [1.165, 1.54) is 30.7 Å². The zero-order valence-electron chi connectivity index (χ0n) is 8.57. The molecule has 2 N–H and O–H groups in total. The molecule has 1 atom stereocenters. The maximum absolute atomic E-state index is 5.63. The molecule has 2 heterocycles. The predicted molar refractivity (Wildman–Crippen MR) is 60.1 cm³/mol. The molecule has 1 unspecified atom stereocenters. The van der Waals surface area contributed by atoms with Crippen LogP contribution in [0.5, 0.6) is 0 Å². The fraction of sp³-hybridized carbons (Fsp3) is 0.700. The van der Waals surface area contributed by atoms with E-state index in [-0.39, 0.29) is 0 Å². The van der Waals surface area contributed by atoms with Crippen LogP contribution in [0.4, 0.5) is 0 Å². The summed E-state index contributed by atoms with van der Waals surface area (Å²) in [7, 11) is 1.97. The maximum Gasteiger partial charge on any atom is 0.0757 e. The minimum atomic E-state index is 0.584. The highest BCUT2D eigenvalue weighted by atomic mass is 32.2. The average Bonchev–Trinajstić information content (AvgIpc) is 2.61. The summed E-state index contributed by atoms with van der Waals surface area (Å²) in [5.74, 6) is 1.28. The van der Waals surface area contributed by atoms with Crippen molar-refractivity contribution in [2.45, 2.75) is 31.1 Å². The molecule has 2 rings (SSSR count). The van der Waals surface area contributed by atoms with Crippen LogP contribution < -0.4 is 5.73 Å². The number of aryl methyl sites for hydroxylation is 1. The van der Waals surface area contributed by atoms with Gasteiger partial charge in [-0.15, -0.1) is 0 Å². The van der Waals surface area contributed by atoms with Gasteiger partial charge in [0.2, 0.25) is 0 Å². The first-order valence-electron chi connectivity index (χ1n) is 5.15. The van der Waals surface area contributed by atoms with Crippen molar-refractivity contribution in [3.8, 4) is 0 Å². The summed E-state index contributed by atoms with van der Waals surface area (Å²) < 4.78 is 1.91. The molecule has 14 heavy (non-hydrogen) atoms. The Balaban J connectivity index is 2.14. The maximum atomic E-state index is 5.63. The van der Waals surface area contributed by atoms with E-state index in [1.807, 2.05) is 23.5 Å². The van der Waals surface area contributed by atoms with Crippen molar-refractivity contribution < 1.29 is 0 Å². The number of rotatable bonds is 2. The van der Waals surface area contributed by atoms with Crippen molar-refractivity contribution in [2.75, 3.05) is 5.75 Å². The van der Waals surface area contributed by atoms with Gasteiger partial charge >= 0.3 is 0 Å². The molecule has 0 radical (unpaired) electrons. The number of nitrogens with zero attached hydrogens (tertiary/aromatic N) is 2. The smallest absolute Gasteiger partial charge is 0.0757 e. The minimum Gasteiger partial charge on any atom is -0.325 e. The highest BCUT2D eigenvalue weighted by molar-refractivity contribution is 7.99. The van der Waals surface area contributed by atoms with E-state index in [9.17, 15) is 0 Å². The summed E-state index contributed by atoms with van der Waals surface area (Å²) in [6, 6.07) is 2.16. The molecule has 1 aliphatic rings. The number of aromatic nitrogens is 2. The first kappa shape index (κ1) is 10.1. The fourth-order valence-corrected chi connectivity index (χ4v) is 3.13. The van der Waals surface area contributed by atoms with Crippen LogP contribution in [0, 0.1) is 0 Å². The molecular formula is C10H17N3S. The monoisotopic (exact) mass is 211 g/mol. The largest absolute Gasteiger partial charge is 0.325 e. The third-order valence-corrected chi connectivity index (χ3v) is 4.12. The Morgan fingerprint density at radius 1 is 1.64 bits per heavy atom. The number of nitrogens with two attached hydrogens (primary N) is 1. The molecule has 1 aliphatic heterocycles. The van der Waals surface area contributed by atoms with Gasteiger partial charge in [0.25, 0.3) is 0 Å². The van der Waals surface area contributed by atoms with E-state index >= 15 is 0 Å². The zero-order valence-corrected chi connectivity index (χ0v) is 9.39. The molecule has 0 aliphatic carbocycles. The van der Waals surface area contributed by atoms with Crippen LogP contribution >= 0.6 is 11.8 Å². The molecule has 4 heteroatoms. The van der Waals surface area contributed by atoms with Gasteiger partial charge in [0, 0.05) is 18.8 Å². The quantitative estimate of drug-likeness (QED) is 0.811. The third kappa shape index (κ3) is 1.96. The second-order valence-corrected chi connectivity index (χ2v) is 5.05. The normalized spacial score (nSPS) is 22.6. The Kier molecular flexibility index (Phi) is 3.13. The molecule has 3 nitrogen and oxygen atoms in total. The Hall–Kier alpha value is -0.480. The lowest BCUT2D eigenvalue weighted by molar-refractivity contribution is 0.649. The van der Waals surface area contributed by atoms with E-state index in [2.05, 4.69) is 11.2 Å². The molecular weight excluding hydrogens is 194 g/mol. The van der Waals surface area contributed by atoms with Gasteiger partial charge < -0.3 is 5.73 Å². The standard InChI is InChI=1S/C10H17N3S/c1-13-8(7-11)6-9(12-13)10-4-2-3-5-14-10/h6,10H,2-5,7,11H2,1H3. The lowest BCUT2D eigenvalue weighted by atomic mass is 10.1. The Bertz CT molecular complexity index is 302. The molecule has 1 aromatic heterocycles. The molecule has 1 aromatic rings. The molecule has 0 spiro atoms. The SMILES string of the molecule is Cn1nc(C2CCCCS2)cc1CN. The molecule has 0 aromatic carbocycles. The average molecular weight is 211 g/mol. The lowest BCUT2D eigenvalue weighted by Crippen LogP contribution is -2.04. The van der Waals surface area contributed by atoms with Gasteiger partial charge in [-0.25, -0.2) is 0 Å². The molecule has 1 saturated heterocycles. The van der Waals surface area contributed by atoms with E-state index in [4.69, 9.17) is 5.73 Å². The van der Waals surface area contributed by atoms with Gasteiger partial charge in [0.15, 0.2) is 0 Å². The van der Waals surface area contributed by atoms with Crippen LogP contribution in [0.2, 0.25) is 0 Å². The Labute approximate surface area is 89.1 Å². The highest BCUT2D eigenvalue weighted by Crippen LogP contribution is 2.37. The summed E-state index contributed by atoms with van der Waals surface area (Å²) >= 11 is 2.03. The van der Waals surface area contributed by atoms with Crippen LogP contribution in [-0.2, 0) is 13.6 Å². The summed E-state index contributed by atoms with van der Waals surface area (Å²) in [5, 5.41) is 5.13. The first-order chi connectivity index (χ1) is 6.81. The van der Waals surface area contributed by atoms with Crippen molar-refractivity contribution in [2.24, 2.45) is 12.8 Å². The van der Waals surface area contributed by atoms with Gasteiger partial charge in [-0.2, -0.15) is 16.9 Å². The second kappa shape index (κ2) is 4.36. The number of hydrogen-bond acceptors (Lipinski definition) is 3. The Morgan fingerprint density at radius 2 is 2.50 bits per heavy atom. The fourth-order valence-electron chi connectivity index (χ4n) is 1.85. The van der Waals surface area contributed by atoms with E-state index in [0.717, 1.165) is 5.69 Å². The van der Waals surface area contributed by atoms with Crippen molar-refractivity contribution >= 4 is 11.8 Å². The third-order valence-electron chi connectivity index (χ3n) is 2.71. The van der Waals surface area contributed by atoms with Crippen LogP contribution in [0.3, 0.4) is 0 Å².